The number of piperidine rings is 2. The number of benzene rings is 3. The van der Waals surface area contributed by atoms with Crippen molar-refractivity contribution < 1.29 is 19.1 Å². The van der Waals surface area contributed by atoms with Crippen LogP contribution in [-0.2, 0) is 22.7 Å². The van der Waals surface area contributed by atoms with Crippen molar-refractivity contribution in [3.05, 3.63) is 87.0 Å². The maximum Gasteiger partial charge on any atom is 0.255 e. The summed E-state index contributed by atoms with van der Waals surface area (Å²) in [6.45, 7) is 11.5. The maximum atomic E-state index is 13.3. The molecule has 0 aliphatic carbocycles. The van der Waals surface area contributed by atoms with E-state index in [-0.39, 0.29) is 32.1 Å². The topological polar surface area (TPSA) is 135 Å². The minimum atomic E-state index is -0.611. The fourth-order valence-corrected chi connectivity index (χ4v) is 10.1. The van der Waals surface area contributed by atoms with Crippen molar-refractivity contribution in [1.82, 2.24) is 30.0 Å². The summed E-state index contributed by atoms with van der Waals surface area (Å²) in [7, 11) is 1.36. The van der Waals surface area contributed by atoms with E-state index >= 15 is 0 Å². The highest BCUT2D eigenvalue weighted by Crippen LogP contribution is 2.36. The summed E-state index contributed by atoms with van der Waals surface area (Å²) < 4.78 is 6.75. The number of amides is 3. The number of likely N-dealkylation sites (tertiary alicyclic amines) is 1. The normalized spacial score (nSPS) is 19.4. The van der Waals surface area contributed by atoms with Crippen molar-refractivity contribution >= 4 is 87.3 Å². The zero-order valence-electron chi connectivity index (χ0n) is 32.9. The summed E-state index contributed by atoms with van der Waals surface area (Å²) in [5, 5.41) is 10.8. The third-order valence-corrected chi connectivity index (χ3v) is 14.0. The molecule has 0 spiro atoms. The molecule has 13 nitrogen and oxygen atoms in total. The second-order valence-electron chi connectivity index (χ2n) is 15.5. The third kappa shape index (κ3) is 8.67. The van der Waals surface area contributed by atoms with E-state index in [0.29, 0.717) is 47.1 Å². The Hall–Kier alpha value is -4.33. The van der Waals surface area contributed by atoms with Crippen molar-refractivity contribution in [3.63, 3.8) is 0 Å². The lowest BCUT2D eigenvalue weighted by Crippen LogP contribution is -2.53. The maximum absolute atomic E-state index is 13.3. The van der Waals surface area contributed by atoms with Crippen LogP contribution in [0.3, 0.4) is 0 Å². The number of hydrogen-bond donors (Lipinski definition) is 3. The van der Waals surface area contributed by atoms with Crippen LogP contribution in [-0.4, -0.2) is 114 Å². The lowest BCUT2D eigenvalue weighted by Gasteiger charge is -2.43. The van der Waals surface area contributed by atoms with E-state index in [0.717, 1.165) is 91.3 Å². The highest BCUT2D eigenvalue weighted by molar-refractivity contribution is 9.10. The molecule has 3 N–H and O–H groups in total. The zero-order valence-corrected chi connectivity index (χ0v) is 36.2. The van der Waals surface area contributed by atoms with Crippen LogP contribution in [0.15, 0.2) is 65.3 Å². The Balaban J connectivity index is 0.832. The molecule has 3 saturated heterocycles. The molecule has 3 fully saturated rings. The van der Waals surface area contributed by atoms with Gasteiger partial charge in [-0.1, -0.05) is 59.7 Å². The van der Waals surface area contributed by atoms with E-state index in [9.17, 15) is 14.4 Å². The van der Waals surface area contributed by atoms with E-state index in [1.165, 1.54) is 5.30 Å². The van der Waals surface area contributed by atoms with Gasteiger partial charge in [-0.2, -0.15) is 4.98 Å². The third-order valence-electron chi connectivity index (χ3n) is 11.7. The Labute approximate surface area is 353 Å². The van der Waals surface area contributed by atoms with Gasteiger partial charge >= 0.3 is 0 Å². The van der Waals surface area contributed by atoms with Gasteiger partial charge in [0.05, 0.1) is 19.0 Å². The summed E-state index contributed by atoms with van der Waals surface area (Å²) in [5.41, 5.74) is 5.58. The van der Waals surface area contributed by atoms with Crippen LogP contribution in [0.25, 0.3) is 0 Å². The van der Waals surface area contributed by atoms with Gasteiger partial charge < -0.3 is 25.2 Å². The average molecular weight is 889 g/mol. The molecule has 0 radical (unpaired) electrons. The van der Waals surface area contributed by atoms with Gasteiger partial charge in [0.25, 0.3) is 5.91 Å². The van der Waals surface area contributed by atoms with Crippen LogP contribution < -0.4 is 30.9 Å². The van der Waals surface area contributed by atoms with Gasteiger partial charge in [0.15, 0.2) is 5.82 Å². The van der Waals surface area contributed by atoms with Gasteiger partial charge in [0.1, 0.15) is 16.8 Å². The van der Waals surface area contributed by atoms with Crippen molar-refractivity contribution in [1.29, 1.82) is 0 Å². The minimum Gasteiger partial charge on any atom is -0.494 e. The van der Waals surface area contributed by atoms with Crippen molar-refractivity contribution in [2.75, 3.05) is 75.2 Å². The zero-order chi connectivity index (χ0) is 40.5. The average Bonchev–Trinajstić information content (AvgIpc) is 3.53. The van der Waals surface area contributed by atoms with E-state index < -0.39 is 6.04 Å². The molecule has 4 aromatic rings. The molecule has 4 aliphatic heterocycles. The predicted molar refractivity (Wildman–Crippen MR) is 234 cm³/mol. The van der Waals surface area contributed by atoms with E-state index in [1.54, 1.807) is 18.2 Å². The van der Waals surface area contributed by atoms with Gasteiger partial charge in [0, 0.05) is 79.2 Å². The first-order chi connectivity index (χ1) is 28.0. The monoisotopic (exact) mass is 887 g/mol. The number of nitrogens with zero attached hydrogens (tertiary/aromatic N) is 6. The number of methoxy groups -OCH3 is 1. The van der Waals surface area contributed by atoms with Gasteiger partial charge in [-0.25, -0.2) is 4.98 Å². The molecule has 304 valence electrons. The molecule has 1 atom stereocenters. The Bertz CT molecular complexity index is 2210. The van der Waals surface area contributed by atoms with Crippen LogP contribution >= 0.6 is 35.5 Å². The van der Waals surface area contributed by atoms with E-state index in [4.69, 9.17) is 21.3 Å². The van der Waals surface area contributed by atoms with Crippen molar-refractivity contribution in [2.24, 2.45) is 0 Å². The van der Waals surface area contributed by atoms with Crippen LogP contribution in [0.2, 0.25) is 5.02 Å². The molecule has 16 heteroatoms. The predicted octanol–water partition coefficient (Wildman–Crippen LogP) is 6.30. The number of carbonyl (C=O) groups is 3. The second-order valence-corrected chi connectivity index (χ2v) is 19.0. The molecule has 0 saturated carbocycles. The summed E-state index contributed by atoms with van der Waals surface area (Å²) in [6.07, 6.45) is 4.42. The number of imide groups is 1. The smallest absolute Gasteiger partial charge is 0.255 e. The molecule has 4 aliphatic rings. The van der Waals surface area contributed by atoms with E-state index in [1.807, 2.05) is 30.3 Å². The number of aromatic nitrogens is 2. The Kier molecular flexibility index (Phi) is 12.2. The number of piperazine rings is 1. The number of nitrogens with one attached hydrogen (secondary N) is 3. The Morgan fingerprint density at radius 1 is 0.948 bits per heavy atom. The lowest BCUT2D eigenvalue weighted by molar-refractivity contribution is -0.136. The van der Waals surface area contributed by atoms with Gasteiger partial charge in [0.2, 0.25) is 17.8 Å². The van der Waals surface area contributed by atoms with Crippen LogP contribution in [0.1, 0.15) is 47.2 Å². The molecular weight excluding hydrogens is 841 g/mol. The van der Waals surface area contributed by atoms with Crippen LogP contribution in [0, 0.1) is 0 Å². The Morgan fingerprint density at radius 3 is 2.47 bits per heavy atom. The quantitative estimate of drug-likeness (QED) is 0.116. The number of anilines is 5. The van der Waals surface area contributed by atoms with Crippen molar-refractivity contribution in [2.45, 2.75) is 50.9 Å². The largest absolute Gasteiger partial charge is 0.494 e. The number of fused-ring (bicyclic) bond motifs is 1. The lowest BCUT2D eigenvalue weighted by atomic mass is 10.0. The SMILES string of the molecule is COc1cc(N2CCN(C3CCN(Cc4cc5c(cc4Br)C(=O)N(C4CCC(=O)NC4=O)C5)CC3)CC2)ccc1Nc1ncc(Cl)c(Nc2ccccc2P(C)C)n1. The first-order valence-corrected chi connectivity index (χ1v) is 23.1. The highest BCUT2D eigenvalue weighted by atomic mass is 79.9. The molecular formula is C42H48BrClN9O4P. The number of rotatable bonds is 11. The number of carbonyl (C=O) groups excluding carboxylic acids is 3. The van der Waals surface area contributed by atoms with Gasteiger partial charge in [-0.05, 0) is 86.4 Å². The molecule has 1 unspecified atom stereocenters. The molecule has 3 aromatic carbocycles. The molecule has 5 heterocycles. The fourth-order valence-electron chi connectivity index (χ4n) is 8.50. The summed E-state index contributed by atoms with van der Waals surface area (Å²) >= 11 is 10.3. The van der Waals surface area contributed by atoms with Crippen molar-refractivity contribution in [3.8, 4) is 5.75 Å². The second kappa shape index (κ2) is 17.5. The molecule has 58 heavy (non-hydrogen) atoms. The molecule has 0 bridgehead atoms. The fraction of sp³-hybridized carbons (Fsp3) is 0.405. The standard InChI is InChI=1S/C42H48BrClN9O4P/c1-57-36-21-29(8-9-33(36)47-42-45-23-32(44)39(49-42)46-34-6-4-5-7-37(34)58(2)3)52-18-16-51(17-19-52)28-12-14-50(15-13-28)24-27-20-26-25-53(41(56)30(26)22-31(27)43)35-10-11-38(54)48-40(35)55/h4-9,20-23,28,35H,10-19,24-25H2,1-3H3,(H,48,54,55)(H2,45,46,47,49). The highest BCUT2D eigenvalue weighted by Gasteiger charge is 2.39. The molecule has 3 amide bonds. The first kappa shape index (κ1) is 40.4. The number of halogens is 2. The van der Waals surface area contributed by atoms with Gasteiger partial charge in [-0.3, -0.25) is 29.5 Å². The van der Waals surface area contributed by atoms with E-state index in [2.05, 4.69) is 89.2 Å². The Morgan fingerprint density at radius 2 is 1.72 bits per heavy atom. The number of para-hydroxylation sites is 1. The molecule has 8 rings (SSSR count). The number of hydrogen-bond acceptors (Lipinski definition) is 11. The minimum absolute atomic E-state index is 0.151. The van der Waals surface area contributed by atoms with Gasteiger partial charge in [-0.15, -0.1) is 0 Å². The first-order valence-electron chi connectivity index (χ1n) is 19.7. The summed E-state index contributed by atoms with van der Waals surface area (Å²) in [5.74, 6) is 0.845. The summed E-state index contributed by atoms with van der Waals surface area (Å²) in [6, 6.07) is 18.4. The summed E-state index contributed by atoms with van der Waals surface area (Å²) in [4.78, 5) is 55.7. The molecule has 1 aromatic heterocycles. The van der Waals surface area contributed by atoms with Crippen LogP contribution in [0.5, 0.6) is 5.75 Å². The number of ether oxygens (including phenoxy) is 1. The van der Waals surface area contributed by atoms with Crippen LogP contribution in [0.4, 0.5) is 28.8 Å².